The molecular weight excluding hydrogens is 445 g/mol. The van der Waals surface area contributed by atoms with Gasteiger partial charge >= 0.3 is 12.1 Å². The molecule has 0 spiro atoms. The Morgan fingerprint density at radius 3 is 1.97 bits per heavy atom. The Bertz CT molecular complexity index is 972. The van der Waals surface area contributed by atoms with E-state index in [0.717, 1.165) is 80.1 Å². The van der Waals surface area contributed by atoms with Crippen LogP contribution >= 0.6 is 0 Å². The van der Waals surface area contributed by atoms with E-state index in [1.165, 1.54) is 0 Å². The second-order valence-electron chi connectivity index (χ2n) is 9.54. The van der Waals surface area contributed by atoms with Gasteiger partial charge in [0, 0.05) is 39.3 Å². The quantitative estimate of drug-likeness (QED) is 0.584. The Morgan fingerprint density at radius 1 is 0.941 bits per heavy atom. The van der Waals surface area contributed by atoms with Gasteiger partial charge in [0.25, 0.3) is 0 Å². The normalized spacial score (nSPS) is 16.0. The first-order valence-corrected chi connectivity index (χ1v) is 11.5. The molecule has 2 aromatic carbocycles. The molecule has 1 aliphatic rings. The van der Waals surface area contributed by atoms with E-state index in [0.29, 0.717) is 5.75 Å². The molecule has 3 rings (SSSR count). The molecule has 0 saturated carbocycles. The van der Waals surface area contributed by atoms with Crippen molar-refractivity contribution in [3.8, 4) is 5.75 Å². The third-order valence-electron chi connectivity index (χ3n) is 6.26. The van der Waals surface area contributed by atoms with Crippen molar-refractivity contribution in [2.24, 2.45) is 0 Å². The number of rotatable bonds is 8. The van der Waals surface area contributed by atoms with Crippen molar-refractivity contribution in [2.75, 3.05) is 32.7 Å². The SMILES string of the molecule is Cc1cc(CN2CCN(CCc3ccc(C(F)(F)F)cc3)CC2)cc(C)c1OC(C)(C)C(=O)O. The number of aliphatic carboxylic acids is 1. The molecule has 0 bridgehead atoms. The molecule has 34 heavy (non-hydrogen) atoms. The van der Waals surface area contributed by atoms with Crippen LogP contribution in [-0.2, 0) is 23.9 Å². The summed E-state index contributed by atoms with van der Waals surface area (Å²) >= 11 is 0. The highest BCUT2D eigenvalue weighted by Crippen LogP contribution is 2.30. The van der Waals surface area contributed by atoms with E-state index in [1.54, 1.807) is 26.0 Å². The van der Waals surface area contributed by atoms with Gasteiger partial charge in [0.15, 0.2) is 5.60 Å². The minimum absolute atomic E-state index is 0.611. The molecule has 2 aromatic rings. The lowest BCUT2D eigenvalue weighted by Crippen LogP contribution is -2.46. The number of alkyl halides is 3. The van der Waals surface area contributed by atoms with E-state index in [-0.39, 0.29) is 0 Å². The zero-order valence-electron chi connectivity index (χ0n) is 20.2. The molecule has 0 unspecified atom stereocenters. The summed E-state index contributed by atoms with van der Waals surface area (Å²) in [6, 6.07) is 9.53. The van der Waals surface area contributed by atoms with Crippen LogP contribution < -0.4 is 4.74 Å². The maximum absolute atomic E-state index is 12.7. The van der Waals surface area contributed by atoms with Crippen LogP contribution in [0.1, 0.15) is 41.7 Å². The fourth-order valence-electron chi connectivity index (χ4n) is 4.17. The molecule has 0 amide bonds. The number of aryl methyl sites for hydroxylation is 2. The molecular formula is C26H33F3N2O3. The predicted molar refractivity (Wildman–Crippen MR) is 125 cm³/mol. The molecule has 8 heteroatoms. The Kier molecular flexibility index (Phi) is 7.93. The van der Waals surface area contributed by atoms with Crippen LogP contribution in [0.3, 0.4) is 0 Å². The minimum Gasteiger partial charge on any atom is -0.478 e. The molecule has 1 aliphatic heterocycles. The number of hydrogen-bond acceptors (Lipinski definition) is 4. The molecule has 1 fully saturated rings. The number of piperazine rings is 1. The summed E-state index contributed by atoms with van der Waals surface area (Å²) in [6.45, 7) is 12.2. The average Bonchev–Trinajstić information content (AvgIpc) is 2.75. The van der Waals surface area contributed by atoms with Crippen molar-refractivity contribution in [3.05, 3.63) is 64.2 Å². The maximum atomic E-state index is 12.7. The van der Waals surface area contributed by atoms with Crippen LogP contribution in [0.4, 0.5) is 13.2 Å². The van der Waals surface area contributed by atoms with Crippen molar-refractivity contribution in [2.45, 2.75) is 52.4 Å². The number of benzene rings is 2. The summed E-state index contributed by atoms with van der Waals surface area (Å²) in [6.07, 6.45) is -3.57. The van der Waals surface area contributed by atoms with E-state index >= 15 is 0 Å². The van der Waals surface area contributed by atoms with Crippen LogP contribution in [0.25, 0.3) is 0 Å². The topological polar surface area (TPSA) is 53.0 Å². The van der Waals surface area contributed by atoms with Gasteiger partial charge in [-0.25, -0.2) is 4.79 Å². The number of halogens is 3. The fourth-order valence-corrected chi connectivity index (χ4v) is 4.17. The molecule has 1 N–H and O–H groups in total. The van der Waals surface area contributed by atoms with Crippen LogP contribution in [0.2, 0.25) is 0 Å². The summed E-state index contributed by atoms with van der Waals surface area (Å²) in [7, 11) is 0. The Balaban J connectivity index is 1.50. The second-order valence-corrected chi connectivity index (χ2v) is 9.54. The van der Waals surface area contributed by atoms with Gasteiger partial charge in [-0.2, -0.15) is 13.2 Å². The van der Waals surface area contributed by atoms with Crippen LogP contribution in [0.5, 0.6) is 5.75 Å². The standard InChI is InChI=1S/C26H33F3N2O3/c1-18-15-21(16-19(2)23(18)34-25(3,4)24(32)33)17-31-13-11-30(12-14-31)10-9-20-5-7-22(8-6-20)26(27,28)29/h5-8,15-16H,9-14,17H2,1-4H3,(H,32,33). The first-order valence-electron chi connectivity index (χ1n) is 11.5. The summed E-state index contributed by atoms with van der Waals surface area (Å²) in [5, 5.41) is 9.34. The lowest BCUT2D eigenvalue weighted by Gasteiger charge is -2.35. The van der Waals surface area contributed by atoms with E-state index in [9.17, 15) is 23.1 Å². The van der Waals surface area contributed by atoms with Gasteiger partial charge < -0.3 is 14.7 Å². The van der Waals surface area contributed by atoms with Gasteiger partial charge in [-0.1, -0.05) is 24.3 Å². The molecule has 0 aromatic heterocycles. The summed E-state index contributed by atoms with van der Waals surface area (Å²) in [4.78, 5) is 16.1. The van der Waals surface area contributed by atoms with Gasteiger partial charge in [0.05, 0.1) is 5.56 Å². The first kappa shape index (κ1) is 26.0. The third-order valence-corrected chi connectivity index (χ3v) is 6.26. The maximum Gasteiger partial charge on any atom is 0.416 e. The summed E-state index contributed by atoms with van der Waals surface area (Å²) < 4.78 is 43.9. The Hall–Kier alpha value is -2.58. The second kappa shape index (κ2) is 10.4. The fraction of sp³-hybridized carbons (Fsp3) is 0.500. The zero-order valence-corrected chi connectivity index (χ0v) is 20.2. The molecule has 0 atom stereocenters. The lowest BCUT2D eigenvalue weighted by molar-refractivity contribution is -0.152. The van der Waals surface area contributed by atoms with Crippen LogP contribution in [0.15, 0.2) is 36.4 Å². The molecule has 5 nitrogen and oxygen atoms in total. The smallest absolute Gasteiger partial charge is 0.416 e. The van der Waals surface area contributed by atoms with Gasteiger partial charge in [-0.3, -0.25) is 4.90 Å². The molecule has 0 radical (unpaired) electrons. The van der Waals surface area contributed by atoms with E-state index < -0.39 is 23.3 Å². The summed E-state index contributed by atoms with van der Waals surface area (Å²) in [5.41, 5.74) is 2.00. The Morgan fingerprint density at radius 2 is 1.47 bits per heavy atom. The number of nitrogens with zero attached hydrogens (tertiary/aromatic N) is 2. The van der Waals surface area contributed by atoms with Crippen LogP contribution in [-0.4, -0.2) is 59.2 Å². The van der Waals surface area contributed by atoms with Crippen molar-refractivity contribution < 1.29 is 27.8 Å². The lowest BCUT2D eigenvalue weighted by atomic mass is 10.0. The van der Waals surface area contributed by atoms with E-state index in [2.05, 4.69) is 21.9 Å². The van der Waals surface area contributed by atoms with E-state index in [1.807, 2.05) is 13.8 Å². The first-order chi connectivity index (χ1) is 15.8. The number of carboxylic acids is 1. The zero-order chi connectivity index (χ0) is 25.1. The number of carbonyl (C=O) groups is 1. The van der Waals surface area contributed by atoms with E-state index in [4.69, 9.17) is 4.74 Å². The number of hydrogen-bond donors (Lipinski definition) is 1. The van der Waals surface area contributed by atoms with Gasteiger partial charge in [-0.05, 0) is 68.5 Å². The molecule has 1 heterocycles. The molecule has 1 saturated heterocycles. The number of carboxylic acid groups (broad SMARTS) is 1. The van der Waals surface area contributed by atoms with Gasteiger partial charge in [0.1, 0.15) is 5.75 Å². The van der Waals surface area contributed by atoms with Crippen LogP contribution in [0, 0.1) is 13.8 Å². The molecule has 186 valence electrons. The van der Waals surface area contributed by atoms with Crippen molar-refractivity contribution in [3.63, 3.8) is 0 Å². The minimum atomic E-state index is -4.30. The largest absolute Gasteiger partial charge is 0.478 e. The monoisotopic (exact) mass is 478 g/mol. The molecule has 0 aliphatic carbocycles. The van der Waals surface area contributed by atoms with Gasteiger partial charge in [-0.15, -0.1) is 0 Å². The average molecular weight is 479 g/mol. The highest BCUT2D eigenvalue weighted by Gasteiger charge is 2.31. The van der Waals surface area contributed by atoms with Crippen molar-refractivity contribution >= 4 is 5.97 Å². The number of ether oxygens (including phenoxy) is 1. The Labute approximate surface area is 199 Å². The van der Waals surface area contributed by atoms with Crippen molar-refractivity contribution in [1.29, 1.82) is 0 Å². The third kappa shape index (κ3) is 6.73. The van der Waals surface area contributed by atoms with Crippen molar-refractivity contribution in [1.82, 2.24) is 9.80 Å². The summed E-state index contributed by atoms with van der Waals surface area (Å²) in [5.74, 6) is -0.393. The predicted octanol–water partition coefficient (Wildman–Crippen LogP) is 4.92. The highest BCUT2D eigenvalue weighted by atomic mass is 19.4. The highest BCUT2D eigenvalue weighted by molar-refractivity contribution is 5.77. The van der Waals surface area contributed by atoms with Gasteiger partial charge in [0.2, 0.25) is 0 Å².